The number of carbonyl (C=O) groups is 3. The van der Waals surface area contributed by atoms with E-state index in [4.69, 9.17) is 9.15 Å². The van der Waals surface area contributed by atoms with Gasteiger partial charge in [-0.3, -0.25) is 14.4 Å². The molecule has 250 valence electrons. The number of amides is 2. The summed E-state index contributed by atoms with van der Waals surface area (Å²) >= 11 is 0. The van der Waals surface area contributed by atoms with Gasteiger partial charge in [-0.25, -0.2) is 4.98 Å². The van der Waals surface area contributed by atoms with E-state index in [0.717, 1.165) is 55.2 Å². The van der Waals surface area contributed by atoms with Gasteiger partial charge in [0.2, 0.25) is 11.8 Å². The first-order chi connectivity index (χ1) is 22.9. The second-order valence-electron chi connectivity index (χ2n) is 12.2. The molecule has 0 aliphatic carbocycles. The maximum absolute atomic E-state index is 13.6. The maximum Gasteiger partial charge on any atom is 0.308 e. The Bertz CT molecular complexity index is 1500. The van der Waals surface area contributed by atoms with Gasteiger partial charge in [0, 0.05) is 18.0 Å². The Morgan fingerprint density at radius 2 is 1.49 bits per heavy atom. The molecular weight excluding hydrogens is 590 g/mol. The molecule has 1 unspecified atom stereocenters. The standard InChI is InChI=1S/C39H49N3O5/c1-3-5-26-46-39(45)32(14-9-12-19-37-42-34-17-10-11-18-35(34)47-37)27-31(25-24-30-22-20-29(13-4-2)21-23-30)38(44)40-28-36(43)41-33-15-7-6-8-16-33/h6-8,10-11,15-18,20-23,31-32H,3-5,9,12-14,19,24-28H2,1-2H3,(H,40,44)(H,41,43)/t31-,32?/m1/s1. The highest BCUT2D eigenvalue weighted by molar-refractivity contribution is 5.94. The van der Waals surface area contributed by atoms with Crippen LogP contribution in [0.1, 0.15) is 82.2 Å². The number of hydrogen-bond acceptors (Lipinski definition) is 6. The number of nitrogens with zero attached hydrogens (tertiary/aromatic N) is 1. The summed E-state index contributed by atoms with van der Waals surface area (Å²) in [4.78, 5) is 44.2. The number of para-hydroxylation sites is 3. The Labute approximate surface area is 278 Å². The van der Waals surface area contributed by atoms with Crippen LogP contribution in [0.2, 0.25) is 0 Å². The highest BCUT2D eigenvalue weighted by Crippen LogP contribution is 2.26. The van der Waals surface area contributed by atoms with Crippen molar-refractivity contribution in [3.8, 4) is 0 Å². The normalized spacial score (nSPS) is 12.4. The molecule has 0 saturated heterocycles. The molecule has 0 spiro atoms. The fourth-order valence-corrected chi connectivity index (χ4v) is 5.70. The molecule has 1 aromatic heterocycles. The van der Waals surface area contributed by atoms with E-state index in [2.05, 4.69) is 53.7 Å². The summed E-state index contributed by atoms with van der Waals surface area (Å²) < 4.78 is 11.6. The van der Waals surface area contributed by atoms with Gasteiger partial charge in [-0.2, -0.15) is 0 Å². The predicted molar refractivity (Wildman–Crippen MR) is 186 cm³/mol. The van der Waals surface area contributed by atoms with Gasteiger partial charge < -0.3 is 19.8 Å². The third kappa shape index (κ3) is 12.0. The van der Waals surface area contributed by atoms with Gasteiger partial charge in [0.25, 0.3) is 0 Å². The number of esters is 1. The summed E-state index contributed by atoms with van der Waals surface area (Å²) in [5, 5.41) is 5.65. The van der Waals surface area contributed by atoms with Crippen molar-refractivity contribution < 1.29 is 23.5 Å². The monoisotopic (exact) mass is 639 g/mol. The minimum absolute atomic E-state index is 0.147. The van der Waals surface area contributed by atoms with E-state index in [1.165, 1.54) is 5.56 Å². The van der Waals surface area contributed by atoms with E-state index in [1.54, 1.807) is 12.1 Å². The average Bonchev–Trinajstić information content (AvgIpc) is 3.51. The summed E-state index contributed by atoms with van der Waals surface area (Å²) in [6.45, 7) is 4.44. The molecule has 0 fully saturated rings. The molecule has 8 nitrogen and oxygen atoms in total. The van der Waals surface area contributed by atoms with Gasteiger partial charge >= 0.3 is 5.97 Å². The summed E-state index contributed by atoms with van der Waals surface area (Å²) in [7, 11) is 0. The third-order valence-corrected chi connectivity index (χ3v) is 8.37. The number of aromatic nitrogens is 1. The molecule has 2 N–H and O–H groups in total. The number of rotatable bonds is 20. The first-order valence-electron chi connectivity index (χ1n) is 17.2. The number of nitrogens with one attached hydrogen (secondary N) is 2. The van der Waals surface area contributed by atoms with Gasteiger partial charge in [-0.05, 0) is 80.3 Å². The fourth-order valence-electron chi connectivity index (χ4n) is 5.70. The largest absolute Gasteiger partial charge is 0.465 e. The van der Waals surface area contributed by atoms with E-state index in [-0.39, 0.29) is 24.3 Å². The van der Waals surface area contributed by atoms with Crippen LogP contribution in [-0.2, 0) is 38.4 Å². The molecule has 8 heteroatoms. The van der Waals surface area contributed by atoms with Crippen LogP contribution < -0.4 is 10.6 Å². The van der Waals surface area contributed by atoms with Crippen molar-refractivity contribution in [2.24, 2.45) is 11.8 Å². The summed E-state index contributed by atoms with van der Waals surface area (Å²) in [6.07, 6.45) is 8.26. The molecule has 0 aliphatic rings. The molecule has 0 aliphatic heterocycles. The number of fused-ring (bicyclic) bond motifs is 1. The number of aryl methyl sites for hydroxylation is 3. The number of oxazole rings is 1. The number of benzene rings is 3. The lowest BCUT2D eigenvalue weighted by atomic mass is 9.86. The zero-order valence-electron chi connectivity index (χ0n) is 27.8. The Kier molecular flexibility index (Phi) is 14.5. The zero-order chi connectivity index (χ0) is 33.3. The van der Waals surface area contributed by atoms with Crippen LogP contribution in [0, 0.1) is 11.8 Å². The van der Waals surface area contributed by atoms with Gasteiger partial charge in [-0.1, -0.05) is 87.7 Å². The number of anilines is 1. The predicted octanol–water partition coefficient (Wildman–Crippen LogP) is 7.85. The molecule has 4 rings (SSSR count). The molecular formula is C39H49N3O5. The van der Waals surface area contributed by atoms with E-state index in [0.29, 0.717) is 50.3 Å². The maximum atomic E-state index is 13.6. The van der Waals surface area contributed by atoms with Crippen molar-refractivity contribution in [2.75, 3.05) is 18.5 Å². The van der Waals surface area contributed by atoms with E-state index in [9.17, 15) is 14.4 Å². The van der Waals surface area contributed by atoms with Crippen molar-refractivity contribution in [2.45, 2.75) is 84.5 Å². The number of carbonyl (C=O) groups excluding carboxylic acids is 3. The molecule has 3 aromatic carbocycles. The van der Waals surface area contributed by atoms with Crippen molar-refractivity contribution in [3.63, 3.8) is 0 Å². The molecule has 4 aromatic rings. The van der Waals surface area contributed by atoms with Crippen molar-refractivity contribution in [3.05, 3.63) is 95.9 Å². The highest BCUT2D eigenvalue weighted by atomic mass is 16.5. The Balaban J connectivity index is 1.41. The molecule has 0 radical (unpaired) electrons. The third-order valence-electron chi connectivity index (χ3n) is 8.37. The summed E-state index contributed by atoms with van der Waals surface area (Å²) in [5.41, 5.74) is 4.72. The van der Waals surface area contributed by atoms with Gasteiger partial charge in [0.1, 0.15) is 5.52 Å². The minimum Gasteiger partial charge on any atom is -0.465 e. The minimum atomic E-state index is -0.462. The second kappa shape index (κ2) is 19.3. The van der Waals surface area contributed by atoms with Crippen LogP contribution >= 0.6 is 0 Å². The van der Waals surface area contributed by atoms with Crippen LogP contribution in [0.5, 0.6) is 0 Å². The SMILES string of the molecule is CCCCOC(=O)C(CCCCc1nc2ccccc2o1)C[C@@H](CCc1ccc(CCC)cc1)C(=O)NCC(=O)Nc1ccccc1. The smallest absolute Gasteiger partial charge is 0.308 e. The average molecular weight is 640 g/mol. The van der Waals surface area contributed by atoms with Crippen LogP contribution in [0.15, 0.2) is 83.3 Å². The molecule has 47 heavy (non-hydrogen) atoms. The lowest BCUT2D eigenvalue weighted by Gasteiger charge is -2.23. The number of ether oxygens (including phenoxy) is 1. The molecule has 1 heterocycles. The molecule has 2 atom stereocenters. The second-order valence-corrected chi connectivity index (χ2v) is 12.2. The Morgan fingerprint density at radius 1 is 0.766 bits per heavy atom. The van der Waals surface area contributed by atoms with Crippen LogP contribution in [-0.4, -0.2) is 35.9 Å². The first-order valence-corrected chi connectivity index (χ1v) is 17.2. The fraction of sp³-hybridized carbons (Fsp3) is 0.436. The van der Waals surface area contributed by atoms with Crippen LogP contribution in [0.4, 0.5) is 5.69 Å². The van der Waals surface area contributed by atoms with Crippen LogP contribution in [0.25, 0.3) is 11.1 Å². The lowest BCUT2D eigenvalue weighted by Crippen LogP contribution is -2.38. The highest BCUT2D eigenvalue weighted by Gasteiger charge is 2.28. The van der Waals surface area contributed by atoms with Crippen molar-refractivity contribution in [1.29, 1.82) is 0 Å². The van der Waals surface area contributed by atoms with E-state index < -0.39 is 11.8 Å². The quantitative estimate of drug-likeness (QED) is 0.0753. The van der Waals surface area contributed by atoms with Crippen LogP contribution in [0.3, 0.4) is 0 Å². The molecule has 0 bridgehead atoms. The van der Waals surface area contributed by atoms with Crippen molar-refractivity contribution >= 4 is 34.6 Å². The number of hydrogen-bond donors (Lipinski definition) is 2. The van der Waals surface area contributed by atoms with Gasteiger partial charge in [-0.15, -0.1) is 0 Å². The molecule has 2 amide bonds. The first kappa shape index (κ1) is 35.4. The zero-order valence-corrected chi connectivity index (χ0v) is 27.8. The van der Waals surface area contributed by atoms with E-state index in [1.807, 2.05) is 42.5 Å². The summed E-state index contributed by atoms with van der Waals surface area (Å²) in [6, 6.07) is 25.4. The lowest BCUT2D eigenvalue weighted by molar-refractivity contribution is -0.150. The van der Waals surface area contributed by atoms with Crippen molar-refractivity contribution in [1.82, 2.24) is 10.3 Å². The Morgan fingerprint density at radius 3 is 2.21 bits per heavy atom. The number of unbranched alkanes of at least 4 members (excludes halogenated alkanes) is 2. The van der Waals surface area contributed by atoms with Gasteiger partial charge in [0.05, 0.1) is 19.1 Å². The van der Waals surface area contributed by atoms with Gasteiger partial charge in [0.15, 0.2) is 11.5 Å². The Hall–Kier alpha value is -4.46. The summed E-state index contributed by atoms with van der Waals surface area (Å²) in [5.74, 6) is -1.00. The van der Waals surface area contributed by atoms with E-state index >= 15 is 0 Å². The molecule has 0 saturated carbocycles. The topological polar surface area (TPSA) is 111 Å².